The number of rotatable bonds is 9. The molecule has 4 aromatic rings. The summed E-state index contributed by atoms with van der Waals surface area (Å²) in [5.41, 5.74) is 3.70. The fraction of sp³-hybridized carbons (Fsp3) is 0.143. The van der Waals surface area contributed by atoms with E-state index in [4.69, 9.17) is 23.2 Å². The second-order valence-corrected chi connectivity index (χ2v) is 8.99. The van der Waals surface area contributed by atoms with E-state index in [0.29, 0.717) is 21.2 Å². The summed E-state index contributed by atoms with van der Waals surface area (Å²) < 4.78 is 3.76. The van der Waals surface area contributed by atoms with Crippen molar-refractivity contribution >= 4 is 34.8 Å². The Kier molecular flexibility index (Phi) is 7.84. The second kappa shape index (κ2) is 11.2. The van der Waals surface area contributed by atoms with Gasteiger partial charge in [0.2, 0.25) is 24.7 Å². The standard InChI is InChI=1S/C28H24Cl2N2O2/c29-25-7-3-23(4-8-25)27(33)19-31-15-11-21(12-16-31)1-2-22-13-17-32(18-14-22)20-28(34)24-5-9-26(30)10-6-24/h3-18H,1-2,19-20H2/q+2. The molecule has 4 rings (SSSR count). The minimum absolute atomic E-state index is 0.0431. The summed E-state index contributed by atoms with van der Waals surface area (Å²) in [7, 11) is 0. The number of aryl methyl sites for hydroxylation is 2. The van der Waals surface area contributed by atoms with Crippen molar-refractivity contribution in [2.24, 2.45) is 0 Å². The van der Waals surface area contributed by atoms with Crippen LogP contribution in [0, 0.1) is 0 Å². The van der Waals surface area contributed by atoms with E-state index in [1.54, 1.807) is 48.5 Å². The highest BCUT2D eigenvalue weighted by Crippen LogP contribution is 2.11. The Balaban J connectivity index is 1.27. The molecule has 0 aliphatic heterocycles. The molecule has 2 heterocycles. The molecule has 6 heteroatoms. The first kappa shape index (κ1) is 23.8. The van der Waals surface area contributed by atoms with Gasteiger partial charge in [-0.1, -0.05) is 23.2 Å². The monoisotopic (exact) mass is 490 g/mol. The van der Waals surface area contributed by atoms with Gasteiger partial charge in [0, 0.05) is 45.4 Å². The maximum atomic E-state index is 12.4. The van der Waals surface area contributed by atoms with Crippen molar-refractivity contribution in [1.82, 2.24) is 0 Å². The molecular formula is C28H24Cl2N2O2+2. The minimum Gasteiger partial charge on any atom is -0.287 e. The van der Waals surface area contributed by atoms with E-state index >= 15 is 0 Å². The first-order valence-corrected chi connectivity index (χ1v) is 11.8. The van der Waals surface area contributed by atoms with E-state index in [0.717, 1.165) is 12.8 Å². The summed E-state index contributed by atoms with van der Waals surface area (Å²) in [5.74, 6) is 0.0862. The van der Waals surface area contributed by atoms with Gasteiger partial charge in [-0.3, -0.25) is 9.59 Å². The molecule has 0 aliphatic rings. The van der Waals surface area contributed by atoms with Gasteiger partial charge in [0.05, 0.1) is 0 Å². The highest BCUT2D eigenvalue weighted by Gasteiger charge is 2.13. The molecule has 0 N–H and O–H groups in total. The average molecular weight is 491 g/mol. The number of benzene rings is 2. The summed E-state index contributed by atoms with van der Waals surface area (Å²) in [6.07, 6.45) is 9.52. The van der Waals surface area contributed by atoms with E-state index < -0.39 is 0 Å². The molecular weight excluding hydrogens is 467 g/mol. The van der Waals surface area contributed by atoms with Gasteiger partial charge in [0.15, 0.2) is 24.8 Å². The molecule has 0 saturated carbocycles. The van der Waals surface area contributed by atoms with Gasteiger partial charge >= 0.3 is 0 Å². The summed E-state index contributed by atoms with van der Waals surface area (Å²) in [5, 5.41) is 1.24. The van der Waals surface area contributed by atoms with Gasteiger partial charge in [0.1, 0.15) is 0 Å². The second-order valence-electron chi connectivity index (χ2n) is 8.12. The summed E-state index contributed by atoms with van der Waals surface area (Å²) in [4.78, 5) is 24.8. The third-order valence-electron chi connectivity index (χ3n) is 5.61. The van der Waals surface area contributed by atoms with Gasteiger partial charge in [-0.05, 0) is 72.5 Å². The molecule has 170 valence electrons. The lowest BCUT2D eigenvalue weighted by Crippen LogP contribution is -2.37. The zero-order valence-electron chi connectivity index (χ0n) is 18.5. The number of pyridine rings is 2. The molecule has 0 radical (unpaired) electrons. The molecule has 4 nitrogen and oxygen atoms in total. The van der Waals surface area contributed by atoms with Crippen LogP contribution in [0.1, 0.15) is 31.8 Å². The molecule has 0 atom stereocenters. The van der Waals surface area contributed by atoms with Crippen LogP contribution in [0.5, 0.6) is 0 Å². The minimum atomic E-state index is 0.0431. The predicted molar refractivity (Wildman–Crippen MR) is 132 cm³/mol. The van der Waals surface area contributed by atoms with Gasteiger partial charge in [0.25, 0.3) is 0 Å². The number of Topliss-reactive ketones (excluding diaryl/α,β-unsaturated/α-hetero) is 2. The zero-order chi connectivity index (χ0) is 23.9. The van der Waals surface area contributed by atoms with Crippen molar-refractivity contribution in [2.45, 2.75) is 25.9 Å². The van der Waals surface area contributed by atoms with Crippen molar-refractivity contribution < 1.29 is 18.7 Å². The van der Waals surface area contributed by atoms with Crippen molar-refractivity contribution in [1.29, 1.82) is 0 Å². The summed E-state index contributed by atoms with van der Waals surface area (Å²) in [6, 6.07) is 22.1. The van der Waals surface area contributed by atoms with Crippen LogP contribution in [0.25, 0.3) is 0 Å². The van der Waals surface area contributed by atoms with Gasteiger partial charge in [-0.25, -0.2) is 0 Å². The van der Waals surface area contributed by atoms with Crippen molar-refractivity contribution in [3.63, 3.8) is 0 Å². The van der Waals surface area contributed by atoms with Crippen LogP contribution in [0.2, 0.25) is 10.0 Å². The van der Waals surface area contributed by atoms with Crippen molar-refractivity contribution in [3.05, 3.63) is 130 Å². The Hall–Kier alpha value is -3.34. The Bertz CT molecular complexity index is 1170. The lowest BCUT2D eigenvalue weighted by atomic mass is 10.1. The van der Waals surface area contributed by atoms with Crippen molar-refractivity contribution in [2.75, 3.05) is 0 Å². The van der Waals surface area contributed by atoms with E-state index in [1.807, 2.05) is 58.2 Å². The topological polar surface area (TPSA) is 41.9 Å². The van der Waals surface area contributed by atoms with Gasteiger partial charge in [-0.15, -0.1) is 0 Å². The third-order valence-corrected chi connectivity index (χ3v) is 6.11. The quantitative estimate of drug-likeness (QED) is 0.241. The van der Waals surface area contributed by atoms with Crippen molar-refractivity contribution in [3.8, 4) is 0 Å². The first-order valence-electron chi connectivity index (χ1n) is 11.0. The smallest absolute Gasteiger partial charge is 0.227 e. The van der Waals surface area contributed by atoms with Crippen LogP contribution in [-0.2, 0) is 25.9 Å². The van der Waals surface area contributed by atoms with Crippen LogP contribution in [0.15, 0.2) is 97.6 Å². The fourth-order valence-corrected chi connectivity index (χ4v) is 3.85. The molecule has 2 aromatic heterocycles. The van der Waals surface area contributed by atoms with Crippen LogP contribution in [-0.4, -0.2) is 11.6 Å². The summed E-state index contributed by atoms with van der Waals surface area (Å²) in [6.45, 7) is 0.574. The normalized spacial score (nSPS) is 10.8. The maximum Gasteiger partial charge on any atom is 0.227 e. The van der Waals surface area contributed by atoms with Crippen LogP contribution in [0.3, 0.4) is 0 Å². The number of hydrogen-bond donors (Lipinski definition) is 0. The Morgan fingerprint density at radius 3 is 1.18 bits per heavy atom. The first-order chi connectivity index (χ1) is 16.5. The molecule has 0 saturated heterocycles. The Morgan fingerprint density at radius 1 is 0.529 bits per heavy atom. The fourth-order valence-electron chi connectivity index (χ4n) is 3.60. The van der Waals surface area contributed by atoms with Crippen LogP contribution in [0.4, 0.5) is 0 Å². The van der Waals surface area contributed by atoms with E-state index in [9.17, 15) is 9.59 Å². The SMILES string of the molecule is O=C(C[n+]1ccc(CCc2cc[n+](CC(=O)c3ccc(Cl)cc3)cc2)cc1)c1ccc(Cl)cc1. The highest BCUT2D eigenvalue weighted by molar-refractivity contribution is 6.31. The predicted octanol–water partition coefficient (Wildman–Crippen LogP) is 5.12. The number of aromatic nitrogens is 2. The zero-order valence-corrected chi connectivity index (χ0v) is 20.0. The van der Waals surface area contributed by atoms with E-state index in [2.05, 4.69) is 0 Å². The Morgan fingerprint density at radius 2 is 0.853 bits per heavy atom. The highest BCUT2D eigenvalue weighted by atomic mass is 35.5. The maximum absolute atomic E-state index is 12.4. The molecule has 0 spiro atoms. The van der Waals surface area contributed by atoms with Gasteiger partial charge < -0.3 is 0 Å². The number of ketones is 2. The number of carbonyl (C=O) groups excluding carboxylic acids is 2. The van der Waals surface area contributed by atoms with E-state index in [-0.39, 0.29) is 24.7 Å². The molecule has 2 aromatic carbocycles. The lowest BCUT2D eigenvalue weighted by Gasteiger charge is -2.03. The third kappa shape index (κ3) is 6.60. The van der Waals surface area contributed by atoms with Crippen LogP contribution >= 0.6 is 23.2 Å². The number of hydrogen-bond acceptors (Lipinski definition) is 2. The van der Waals surface area contributed by atoms with Gasteiger partial charge in [-0.2, -0.15) is 9.13 Å². The largest absolute Gasteiger partial charge is 0.287 e. The molecule has 0 aliphatic carbocycles. The molecule has 0 fully saturated rings. The average Bonchev–Trinajstić information content (AvgIpc) is 2.85. The Labute approximate surface area is 209 Å². The van der Waals surface area contributed by atoms with Crippen LogP contribution < -0.4 is 9.13 Å². The lowest BCUT2D eigenvalue weighted by molar-refractivity contribution is -0.683. The molecule has 0 unspecified atom stereocenters. The number of carbonyl (C=O) groups is 2. The molecule has 34 heavy (non-hydrogen) atoms. The summed E-state index contributed by atoms with van der Waals surface area (Å²) >= 11 is 11.8. The number of halogens is 2. The molecule has 0 amide bonds. The van der Waals surface area contributed by atoms with E-state index in [1.165, 1.54) is 11.1 Å². The number of nitrogens with zero attached hydrogens (tertiary/aromatic N) is 2. The molecule has 0 bridgehead atoms.